The summed E-state index contributed by atoms with van der Waals surface area (Å²) < 4.78 is 5.10. The molecule has 0 N–H and O–H groups in total. The number of carbonyl (C=O) groups is 2. The van der Waals surface area contributed by atoms with Crippen LogP contribution < -0.4 is 4.90 Å². The third-order valence-corrected chi connectivity index (χ3v) is 4.11. The van der Waals surface area contributed by atoms with Gasteiger partial charge in [-0.1, -0.05) is 30.3 Å². The van der Waals surface area contributed by atoms with Gasteiger partial charge in [0.1, 0.15) is 5.92 Å². The van der Waals surface area contributed by atoms with Crippen LogP contribution in [0.5, 0.6) is 0 Å². The minimum absolute atomic E-state index is 0.0442. The van der Waals surface area contributed by atoms with Crippen LogP contribution in [0.1, 0.15) is 19.4 Å². The summed E-state index contributed by atoms with van der Waals surface area (Å²) in [7, 11) is 0. The van der Waals surface area contributed by atoms with Gasteiger partial charge in [0.05, 0.1) is 11.5 Å². The van der Waals surface area contributed by atoms with Crippen LogP contribution >= 0.6 is 0 Å². The van der Waals surface area contributed by atoms with Crippen molar-refractivity contribution in [3.8, 4) is 0 Å². The summed E-state index contributed by atoms with van der Waals surface area (Å²) in [6.07, 6.45) is 0.110. The topological polar surface area (TPSA) is 89.7 Å². The molecular weight excluding hydrogens is 348 g/mol. The zero-order chi connectivity index (χ0) is 19.8. The quantitative estimate of drug-likeness (QED) is 0.308. The van der Waals surface area contributed by atoms with E-state index in [4.69, 9.17) is 4.74 Å². The summed E-state index contributed by atoms with van der Waals surface area (Å²) >= 11 is 0. The number of esters is 1. The normalized spacial score (nSPS) is 11.5. The second-order valence-electron chi connectivity index (χ2n) is 5.85. The number of carbonyl (C=O) groups excluding carboxylic acids is 2. The molecule has 1 unspecified atom stereocenters. The Bertz CT molecular complexity index is 790. The fourth-order valence-corrected chi connectivity index (χ4v) is 2.77. The Balaban J connectivity index is 2.28. The number of hydrogen-bond donors (Lipinski definition) is 0. The van der Waals surface area contributed by atoms with Crippen molar-refractivity contribution in [1.82, 2.24) is 0 Å². The average Bonchev–Trinajstić information content (AvgIpc) is 2.68. The van der Waals surface area contributed by atoms with Crippen molar-refractivity contribution in [2.24, 2.45) is 5.92 Å². The molecule has 0 spiro atoms. The fraction of sp³-hybridized carbons (Fsp3) is 0.300. The summed E-state index contributed by atoms with van der Waals surface area (Å²) in [6, 6.07) is 14.9. The Morgan fingerprint density at radius 2 is 1.70 bits per heavy atom. The van der Waals surface area contributed by atoms with Gasteiger partial charge in [0.2, 0.25) is 5.91 Å². The molecular formula is C20H22N2O5. The standard InChI is InChI=1S/C20H22N2O5/c1-3-21(16-8-6-5-7-9-16)19(23)18(20(24)27-4-2)14-15-10-12-17(13-11-15)22(25)26/h5-13,18H,3-4,14H2,1-2H3. The summed E-state index contributed by atoms with van der Waals surface area (Å²) in [5.41, 5.74) is 1.30. The highest BCUT2D eigenvalue weighted by Gasteiger charge is 2.32. The second kappa shape index (κ2) is 9.47. The van der Waals surface area contributed by atoms with E-state index in [0.717, 1.165) is 0 Å². The van der Waals surface area contributed by atoms with Gasteiger partial charge in [0, 0.05) is 24.4 Å². The smallest absolute Gasteiger partial charge is 0.318 e. The predicted molar refractivity (Wildman–Crippen MR) is 101 cm³/mol. The van der Waals surface area contributed by atoms with E-state index >= 15 is 0 Å². The maximum absolute atomic E-state index is 13.1. The molecule has 0 aliphatic heterocycles. The minimum atomic E-state index is -1.02. The molecule has 1 amide bonds. The number of ether oxygens (including phenoxy) is 1. The van der Waals surface area contributed by atoms with Crippen LogP contribution in [0.15, 0.2) is 54.6 Å². The number of nitrogens with zero attached hydrogens (tertiary/aromatic N) is 2. The monoisotopic (exact) mass is 370 g/mol. The molecule has 7 heteroatoms. The molecule has 0 fully saturated rings. The van der Waals surface area contributed by atoms with E-state index in [1.54, 1.807) is 31.2 Å². The van der Waals surface area contributed by atoms with Crippen molar-refractivity contribution in [1.29, 1.82) is 0 Å². The summed E-state index contributed by atoms with van der Waals surface area (Å²) in [5, 5.41) is 10.8. The van der Waals surface area contributed by atoms with Crippen molar-refractivity contribution in [2.75, 3.05) is 18.1 Å². The van der Waals surface area contributed by atoms with Gasteiger partial charge in [-0.15, -0.1) is 0 Å². The number of para-hydroxylation sites is 1. The molecule has 0 aliphatic rings. The molecule has 0 saturated heterocycles. The Hall–Kier alpha value is -3.22. The van der Waals surface area contributed by atoms with Gasteiger partial charge in [-0.25, -0.2) is 0 Å². The molecule has 0 aliphatic carbocycles. The van der Waals surface area contributed by atoms with Gasteiger partial charge in [0.25, 0.3) is 5.69 Å². The van der Waals surface area contributed by atoms with Crippen molar-refractivity contribution < 1.29 is 19.2 Å². The van der Waals surface area contributed by atoms with Crippen LogP contribution in [0.3, 0.4) is 0 Å². The maximum Gasteiger partial charge on any atom is 0.318 e. The Labute approximate surface area is 157 Å². The highest BCUT2D eigenvalue weighted by molar-refractivity contribution is 6.06. The van der Waals surface area contributed by atoms with E-state index in [2.05, 4.69) is 0 Å². The first kappa shape index (κ1) is 20.1. The first-order valence-electron chi connectivity index (χ1n) is 8.74. The van der Waals surface area contributed by atoms with E-state index in [9.17, 15) is 19.7 Å². The molecule has 2 aromatic rings. The highest BCUT2D eigenvalue weighted by Crippen LogP contribution is 2.21. The molecule has 142 valence electrons. The Morgan fingerprint density at radius 1 is 1.07 bits per heavy atom. The van der Waals surface area contributed by atoms with E-state index in [0.29, 0.717) is 17.8 Å². The molecule has 1 atom stereocenters. The molecule has 0 heterocycles. The van der Waals surface area contributed by atoms with Crippen molar-refractivity contribution in [2.45, 2.75) is 20.3 Å². The maximum atomic E-state index is 13.1. The van der Waals surface area contributed by atoms with Crippen molar-refractivity contribution in [3.63, 3.8) is 0 Å². The van der Waals surface area contributed by atoms with E-state index in [-0.39, 0.29) is 24.6 Å². The lowest BCUT2D eigenvalue weighted by Crippen LogP contribution is -2.41. The van der Waals surface area contributed by atoms with Crippen LogP contribution in [0.2, 0.25) is 0 Å². The van der Waals surface area contributed by atoms with Crippen LogP contribution in [-0.2, 0) is 20.7 Å². The van der Waals surface area contributed by atoms with Gasteiger partial charge in [-0.2, -0.15) is 0 Å². The number of amides is 1. The zero-order valence-corrected chi connectivity index (χ0v) is 15.3. The first-order chi connectivity index (χ1) is 13.0. The number of anilines is 1. The van der Waals surface area contributed by atoms with Gasteiger partial charge in [-0.3, -0.25) is 19.7 Å². The third-order valence-electron chi connectivity index (χ3n) is 4.11. The van der Waals surface area contributed by atoms with Crippen molar-refractivity contribution >= 4 is 23.3 Å². The average molecular weight is 370 g/mol. The SMILES string of the molecule is CCOC(=O)C(Cc1ccc([N+](=O)[O-])cc1)C(=O)N(CC)c1ccccc1. The van der Waals surface area contributed by atoms with Gasteiger partial charge < -0.3 is 9.64 Å². The molecule has 2 aromatic carbocycles. The lowest BCUT2D eigenvalue weighted by Gasteiger charge is -2.25. The highest BCUT2D eigenvalue weighted by atomic mass is 16.6. The molecule has 0 radical (unpaired) electrons. The summed E-state index contributed by atoms with van der Waals surface area (Å²) in [5.74, 6) is -1.98. The van der Waals surface area contributed by atoms with E-state index in [1.807, 2.05) is 25.1 Å². The molecule has 27 heavy (non-hydrogen) atoms. The van der Waals surface area contributed by atoms with Crippen LogP contribution in [0.4, 0.5) is 11.4 Å². The van der Waals surface area contributed by atoms with Crippen molar-refractivity contribution in [3.05, 3.63) is 70.3 Å². The van der Waals surface area contributed by atoms with Gasteiger partial charge in [0.15, 0.2) is 0 Å². The molecule has 7 nitrogen and oxygen atoms in total. The van der Waals surface area contributed by atoms with Gasteiger partial charge in [-0.05, 0) is 38.0 Å². The van der Waals surface area contributed by atoms with E-state index in [1.165, 1.54) is 17.0 Å². The number of nitro groups is 1. The largest absolute Gasteiger partial charge is 0.465 e. The van der Waals surface area contributed by atoms with E-state index < -0.39 is 16.8 Å². The Kier molecular flexibility index (Phi) is 7.05. The lowest BCUT2D eigenvalue weighted by atomic mass is 9.97. The van der Waals surface area contributed by atoms with Gasteiger partial charge >= 0.3 is 5.97 Å². The molecule has 0 aromatic heterocycles. The number of non-ortho nitro benzene ring substituents is 1. The summed E-state index contributed by atoms with van der Waals surface area (Å²) in [6.45, 7) is 4.08. The minimum Gasteiger partial charge on any atom is -0.465 e. The lowest BCUT2D eigenvalue weighted by molar-refractivity contribution is -0.384. The predicted octanol–water partition coefficient (Wildman–Crippen LogP) is 3.37. The molecule has 2 rings (SSSR count). The zero-order valence-electron chi connectivity index (χ0n) is 15.3. The molecule has 0 saturated carbocycles. The fourth-order valence-electron chi connectivity index (χ4n) is 2.77. The number of benzene rings is 2. The Morgan fingerprint density at radius 3 is 2.22 bits per heavy atom. The second-order valence-corrected chi connectivity index (χ2v) is 5.85. The summed E-state index contributed by atoms with van der Waals surface area (Å²) in [4.78, 5) is 37.4. The third kappa shape index (κ3) is 5.13. The van der Waals surface area contributed by atoms with Crippen LogP contribution in [0, 0.1) is 16.0 Å². The van der Waals surface area contributed by atoms with Crippen LogP contribution in [0.25, 0.3) is 0 Å². The first-order valence-corrected chi connectivity index (χ1v) is 8.74. The van der Waals surface area contributed by atoms with Crippen LogP contribution in [-0.4, -0.2) is 30.0 Å². The number of nitro benzene ring substituents is 1. The molecule has 0 bridgehead atoms. The number of rotatable bonds is 8. The number of hydrogen-bond acceptors (Lipinski definition) is 5.